The second kappa shape index (κ2) is 8.67. The molecule has 1 aliphatic rings. The van der Waals surface area contributed by atoms with Crippen LogP contribution in [0.25, 0.3) is 0 Å². The Bertz CT molecular complexity index is 817. The van der Waals surface area contributed by atoms with E-state index in [0.29, 0.717) is 17.9 Å². The lowest BCUT2D eigenvalue weighted by Gasteiger charge is -2.39. The van der Waals surface area contributed by atoms with Crippen LogP contribution in [0.1, 0.15) is 41.6 Å². The monoisotopic (exact) mass is 363 g/mol. The molecule has 0 saturated heterocycles. The van der Waals surface area contributed by atoms with Gasteiger partial charge in [0.15, 0.2) is 0 Å². The predicted molar refractivity (Wildman–Crippen MR) is 106 cm³/mol. The molecule has 3 rings (SSSR count). The Labute approximate surface area is 160 Å². The SMILES string of the molecule is COc1ccccc1C(=O)NCC1(c2ccccc2)CCC(=CC=O)CC1. The molecule has 1 fully saturated rings. The van der Waals surface area contributed by atoms with Crippen LogP contribution in [0.2, 0.25) is 0 Å². The number of nitrogens with one attached hydrogen (secondary N) is 1. The molecule has 1 aliphatic carbocycles. The molecule has 1 N–H and O–H groups in total. The van der Waals surface area contributed by atoms with E-state index in [-0.39, 0.29) is 11.3 Å². The Kier molecular flexibility index (Phi) is 6.07. The van der Waals surface area contributed by atoms with Gasteiger partial charge in [-0.15, -0.1) is 0 Å². The fraction of sp³-hybridized carbons (Fsp3) is 0.304. The van der Waals surface area contributed by atoms with E-state index >= 15 is 0 Å². The van der Waals surface area contributed by atoms with Crippen LogP contribution in [0.15, 0.2) is 66.2 Å². The number of rotatable bonds is 6. The zero-order valence-corrected chi connectivity index (χ0v) is 15.6. The van der Waals surface area contributed by atoms with Crippen LogP contribution in [-0.2, 0) is 10.2 Å². The number of carbonyl (C=O) groups excluding carboxylic acids is 2. The molecule has 0 aliphatic heterocycles. The van der Waals surface area contributed by atoms with Crippen molar-refractivity contribution >= 4 is 12.2 Å². The summed E-state index contributed by atoms with van der Waals surface area (Å²) in [5.41, 5.74) is 2.84. The van der Waals surface area contributed by atoms with Crippen LogP contribution in [0.5, 0.6) is 5.75 Å². The maximum Gasteiger partial charge on any atom is 0.255 e. The predicted octanol–water partition coefficient (Wildman–Crippen LogP) is 4.06. The minimum absolute atomic E-state index is 0.126. The number of benzene rings is 2. The van der Waals surface area contributed by atoms with Gasteiger partial charge in [0.25, 0.3) is 5.91 Å². The molecule has 0 radical (unpaired) electrons. The molecule has 0 aromatic heterocycles. The topological polar surface area (TPSA) is 55.4 Å². The Morgan fingerprint density at radius 2 is 1.74 bits per heavy atom. The Morgan fingerprint density at radius 3 is 2.41 bits per heavy atom. The third-order valence-electron chi connectivity index (χ3n) is 5.48. The van der Waals surface area contributed by atoms with E-state index < -0.39 is 0 Å². The number of carbonyl (C=O) groups is 2. The highest BCUT2D eigenvalue weighted by Crippen LogP contribution is 2.41. The first-order valence-corrected chi connectivity index (χ1v) is 9.28. The number of aldehydes is 1. The molecule has 4 heteroatoms. The lowest BCUT2D eigenvalue weighted by molar-refractivity contribution is -0.104. The largest absolute Gasteiger partial charge is 0.496 e. The first-order chi connectivity index (χ1) is 13.2. The van der Waals surface area contributed by atoms with Crippen molar-refractivity contribution in [2.45, 2.75) is 31.1 Å². The molecular formula is C23H25NO3. The fourth-order valence-electron chi connectivity index (χ4n) is 3.85. The van der Waals surface area contributed by atoms with E-state index in [0.717, 1.165) is 32.0 Å². The standard InChI is InChI=1S/C23H25NO3/c1-27-21-10-6-5-9-20(21)22(26)24-17-23(19-7-3-2-4-8-19)14-11-18(12-15-23)13-16-25/h2-10,13,16H,11-12,14-15,17H2,1H3,(H,24,26). The fourth-order valence-corrected chi connectivity index (χ4v) is 3.85. The summed E-state index contributed by atoms with van der Waals surface area (Å²) >= 11 is 0. The lowest BCUT2D eigenvalue weighted by Crippen LogP contribution is -2.42. The van der Waals surface area contributed by atoms with Crippen LogP contribution < -0.4 is 10.1 Å². The molecule has 140 valence electrons. The number of amides is 1. The highest BCUT2D eigenvalue weighted by Gasteiger charge is 2.35. The lowest BCUT2D eigenvalue weighted by atomic mass is 9.68. The van der Waals surface area contributed by atoms with Crippen molar-refractivity contribution in [2.75, 3.05) is 13.7 Å². The molecule has 2 aromatic carbocycles. The Hall–Kier alpha value is -2.88. The zero-order chi connectivity index (χ0) is 19.1. The second-order valence-electron chi connectivity index (χ2n) is 6.99. The van der Waals surface area contributed by atoms with Crippen LogP contribution in [-0.4, -0.2) is 25.8 Å². The van der Waals surface area contributed by atoms with Crippen molar-refractivity contribution < 1.29 is 14.3 Å². The molecule has 2 aromatic rings. The molecule has 0 unspecified atom stereocenters. The van der Waals surface area contributed by atoms with E-state index in [1.807, 2.05) is 30.3 Å². The molecule has 1 saturated carbocycles. The van der Waals surface area contributed by atoms with Gasteiger partial charge < -0.3 is 10.1 Å². The van der Waals surface area contributed by atoms with E-state index in [1.165, 1.54) is 11.1 Å². The molecule has 0 bridgehead atoms. The van der Waals surface area contributed by atoms with E-state index in [1.54, 1.807) is 25.3 Å². The van der Waals surface area contributed by atoms with Gasteiger partial charge in [0.1, 0.15) is 12.0 Å². The first-order valence-electron chi connectivity index (χ1n) is 9.28. The van der Waals surface area contributed by atoms with Gasteiger partial charge in [-0.25, -0.2) is 0 Å². The Balaban J connectivity index is 1.80. The van der Waals surface area contributed by atoms with E-state index in [4.69, 9.17) is 4.74 Å². The van der Waals surface area contributed by atoms with Gasteiger partial charge in [-0.3, -0.25) is 9.59 Å². The normalized spacial score (nSPS) is 19.2. The minimum atomic E-state index is -0.128. The average Bonchev–Trinajstić information content (AvgIpc) is 2.74. The average molecular weight is 363 g/mol. The van der Waals surface area contributed by atoms with Crippen molar-refractivity contribution in [1.29, 1.82) is 0 Å². The summed E-state index contributed by atoms with van der Waals surface area (Å²) in [6.07, 6.45) is 6.11. The van der Waals surface area contributed by atoms with E-state index in [9.17, 15) is 9.59 Å². The summed E-state index contributed by atoms with van der Waals surface area (Å²) in [5, 5.41) is 3.12. The van der Waals surface area contributed by atoms with Gasteiger partial charge >= 0.3 is 0 Å². The third-order valence-corrected chi connectivity index (χ3v) is 5.48. The van der Waals surface area contributed by atoms with Crippen LogP contribution in [0, 0.1) is 0 Å². The number of para-hydroxylation sites is 1. The number of hydrogen-bond acceptors (Lipinski definition) is 3. The molecule has 27 heavy (non-hydrogen) atoms. The van der Waals surface area contributed by atoms with Gasteiger partial charge in [0.2, 0.25) is 0 Å². The smallest absolute Gasteiger partial charge is 0.255 e. The summed E-state index contributed by atoms with van der Waals surface area (Å²) in [7, 11) is 1.57. The minimum Gasteiger partial charge on any atom is -0.496 e. The van der Waals surface area contributed by atoms with Gasteiger partial charge in [0, 0.05) is 12.0 Å². The molecule has 0 atom stereocenters. The number of hydrogen-bond donors (Lipinski definition) is 1. The van der Waals surface area contributed by atoms with Crippen molar-refractivity contribution in [1.82, 2.24) is 5.32 Å². The third kappa shape index (κ3) is 4.27. The quantitative estimate of drug-likeness (QED) is 0.622. The summed E-state index contributed by atoms with van der Waals surface area (Å²) in [4.78, 5) is 23.6. The van der Waals surface area contributed by atoms with Crippen molar-refractivity contribution in [3.8, 4) is 5.75 Å². The number of allylic oxidation sites excluding steroid dienone is 2. The van der Waals surface area contributed by atoms with Crippen molar-refractivity contribution in [3.63, 3.8) is 0 Å². The molecule has 0 spiro atoms. The van der Waals surface area contributed by atoms with Crippen LogP contribution in [0.3, 0.4) is 0 Å². The summed E-state index contributed by atoms with van der Waals surface area (Å²) in [5.74, 6) is 0.445. The van der Waals surface area contributed by atoms with Gasteiger partial charge in [0.05, 0.1) is 12.7 Å². The van der Waals surface area contributed by atoms with Gasteiger partial charge in [-0.05, 0) is 49.5 Å². The molecule has 1 amide bonds. The summed E-state index contributed by atoms with van der Waals surface area (Å²) in [6, 6.07) is 17.6. The maximum absolute atomic E-state index is 12.8. The highest BCUT2D eigenvalue weighted by atomic mass is 16.5. The molecule has 4 nitrogen and oxygen atoms in total. The Morgan fingerprint density at radius 1 is 1.07 bits per heavy atom. The molecule has 0 heterocycles. The van der Waals surface area contributed by atoms with Crippen LogP contribution >= 0.6 is 0 Å². The van der Waals surface area contributed by atoms with E-state index in [2.05, 4.69) is 17.4 Å². The maximum atomic E-state index is 12.8. The summed E-state index contributed by atoms with van der Waals surface area (Å²) < 4.78 is 5.31. The summed E-state index contributed by atoms with van der Waals surface area (Å²) in [6.45, 7) is 0.558. The van der Waals surface area contributed by atoms with Gasteiger partial charge in [-0.1, -0.05) is 48.0 Å². The van der Waals surface area contributed by atoms with Crippen LogP contribution in [0.4, 0.5) is 0 Å². The molecular weight excluding hydrogens is 338 g/mol. The van der Waals surface area contributed by atoms with Crippen molar-refractivity contribution in [2.24, 2.45) is 0 Å². The van der Waals surface area contributed by atoms with Gasteiger partial charge in [-0.2, -0.15) is 0 Å². The number of ether oxygens (including phenoxy) is 1. The number of methoxy groups -OCH3 is 1. The first kappa shape index (κ1) is 18.9. The zero-order valence-electron chi connectivity index (χ0n) is 15.6. The van der Waals surface area contributed by atoms with Crippen molar-refractivity contribution in [3.05, 3.63) is 77.4 Å². The highest BCUT2D eigenvalue weighted by molar-refractivity contribution is 5.97. The second-order valence-corrected chi connectivity index (χ2v) is 6.99.